The summed E-state index contributed by atoms with van der Waals surface area (Å²) in [5, 5.41) is 32.3. The molecule has 1 heterocycles. The van der Waals surface area contributed by atoms with Crippen molar-refractivity contribution in [3.05, 3.63) is 90.7 Å². The van der Waals surface area contributed by atoms with Gasteiger partial charge in [-0.1, -0.05) is 24.3 Å². The van der Waals surface area contributed by atoms with E-state index >= 15 is 0 Å². The van der Waals surface area contributed by atoms with Crippen LogP contribution >= 0.6 is 0 Å². The van der Waals surface area contributed by atoms with Gasteiger partial charge in [0.05, 0.1) is 33.8 Å². The number of amides is 1. The molecule has 1 aliphatic heterocycles. The molecule has 0 fully saturated rings. The number of ether oxygens (including phenoxy) is 1. The third kappa shape index (κ3) is 4.63. The van der Waals surface area contributed by atoms with Crippen molar-refractivity contribution in [3.8, 4) is 0 Å². The number of benzene rings is 2. The zero-order valence-electron chi connectivity index (χ0n) is 17.3. The fraction of sp³-hybridized carbons (Fsp3) is 0.143. The molecule has 1 aliphatic rings. The number of allylic oxidation sites excluding steroid dienone is 1. The van der Waals surface area contributed by atoms with E-state index in [4.69, 9.17) is 4.74 Å². The first kappa shape index (κ1) is 22.9. The number of esters is 1. The summed E-state index contributed by atoms with van der Waals surface area (Å²) in [7, 11) is 0. The molecule has 33 heavy (non-hydrogen) atoms. The molecule has 12 nitrogen and oxygen atoms in total. The first-order valence-electron chi connectivity index (χ1n) is 9.46. The van der Waals surface area contributed by atoms with E-state index in [1.54, 1.807) is 31.2 Å². The van der Waals surface area contributed by atoms with Crippen LogP contribution < -0.4 is 0 Å². The van der Waals surface area contributed by atoms with Crippen molar-refractivity contribution in [3.63, 3.8) is 0 Å². The minimum Gasteiger partial charge on any atom is -0.512 e. The second-order valence-corrected chi connectivity index (χ2v) is 6.68. The number of hydrogen-bond acceptors (Lipinski definition) is 8. The van der Waals surface area contributed by atoms with Gasteiger partial charge in [-0.05, 0) is 13.8 Å². The molecule has 2 aromatic carbocycles. The van der Waals surface area contributed by atoms with E-state index in [1.165, 1.54) is 6.92 Å². The Morgan fingerprint density at radius 3 is 2.15 bits per heavy atom. The van der Waals surface area contributed by atoms with Crippen LogP contribution in [0.15, 0.2) is 63.8 Å². The van der Waals surface area contributed by atoms with Crippen molar-refractivity contribution in [1.82, 2.24) is 0 Å². The van der Waals surface area contributed by atoms with Crippen LogP contribution in [0.5, 0.6) is 0 Å². The van der Waals surface area contributed by atoms with Crippen LogP contribution in [-0.4, -0.2) is 45.0 Å². The third-order valence-corrected chi connectivity index (χ3v) is 4.50. The molecule has 0 bridgehead atoms. The van der Waals surface area contributed by atoms with Gasteiger partial charge in [-0.2, -0.15) is 4.99 Å². The molecule has 0 atom stereocenters. The maximum Gasteiger partial charge on any atom is 0.343 e. The maximum absolute atomic E-state index is 12.8. The van der Waals surface area contributed by atoms with E-state index in [0.717, 1.165) is 18.2 Å². The Morgan fingerprint density at radius 2 is 1.64 bits per heavy atom. The summed E-state index contributed by atoms with van der Waals surface area (Å²) in [5.74, 6) is -2.33. The average molecular weight is 452 g/mol. The predicted molar refractivity (Wildman–Crippen MR) is 116 cm³/mol. The number of aliphatic imine (C=N–C) groups is 2. The first-order valence-corrected chi connectivity index (χ1v) is 9.46. The number of carbonyl (C=O) groups excluding carboxylic acids is 2. The third-order valence-electron chi connectivity index (χ3n) is 4.50. The van der Waals surface area contributed by atoms with Gasteiger partial charge >= 0.3 is 5.97 Å². The number of nitro groups is 2. The molecule has 0 spiro atoms. The highest BCUT2D eigenvalue weighted by Crippen LogP contribution is 2.27. The minimum atomic E-state index is -1.01. The van der Waals surface area contributed by atoms with Crippen molar-refractivity contribution in [2.45, 2.75) is 13.8 Å². The van der Waals surface area contributed by atoms with Gasteiger partial charge in [-0.15, -0.1) is 0 Å². The molecule has 0 radical (unpaired) electrons. The van der Waals surface area contributed by atoms with Crippen LogP contribution in [0.4, 0.5) is 11.4 Å². The molecule has 0 saturated carbocycles. The van der Waals surface area contributed by atoms with Crippen molar-refractivity contribution in [2.75, 3.05) is 6.61 Å². The topological polar surface area (TPSA) is 175 Å². The van der Waals surface area contributed by atoms with Crippen molar-refractivity contribution >= 4 is 34.8 Å². The van der Waals surface area contributed by atoms with Gasteiger partial charge < -0.3 is 9.84 Å². The van der Waals surface area contributed by atoms with Crippen molar-refractivity contribution < 1.29 is 29.3 Å². The Balaban J connectivity index is 2.13. The second kappa shape index (κ2) is 9.18. The zero-order valence-corrected chi connectivity index (χ0v) is 17.3. The number of nitro benzene ring substituents is 2. The Morgan fingerprint density at radius 1 is 1.06 bits per heavy atom. The van der Waals surface area contributed by atoms with E-state index in [0.29, 0.717) is 11.1 Å². The molecule has 2 aromatic rings. The number of aliphatic hydroxyl groups excluding tert-OH is 1. The number of hydrogen-bond donors (Lipinski definition) is 1. The normalized spacial score (nSPS) is 14.2. The lowest BCUT2D eigenvalue weighted by atomic mass is 9.99. The van der Waals surface area contributed by atoms with Crippen LogP contribution in [-0.2, 0) is 9.53 Å². The zero-order chi connectivity index (χ0) is 24.3. The number of carbonyl (C=O) groups is 2. The number of rotatable bonds is 6. The number of non-ortho nitro benzene ring substituents is 2. The molecule has 0 aromatic heterocycles. The van der Waals surface area contributed by atoms with Gasteiger partial charge in [0.1, 0.15) is 11.3 Å². The number of nitrogens with zero attached hydrogens (tertiary/aromatic N) is 4. The monoisotopic (exact) mass is 452 g/mol. The first-order chi connectivity index (χ1) is 15.6. The molecular formula is C21H16N4O8. The maximum atomic E-state index is 12.8. The van der Waals surface area contributed by atoms with Gasteiger partial charge in [0, 0.05) is 23.3 Å². The quantitative estimate of drug-likeness (QED) is 0.228. The lowest BCUT2D eigenvalue weighted by molar-refractivity contribution is -0.394. The molecule has 168 valence electrons. The fourth-order valence-corrected chi connectivity index (χ4v) is 3.10. The van der Waals surface area contributed by atoms with Crippen LogP contribution in [0.2, 0.25) is 0 Å². The lowest BCUT2D eigenvalue weighted by Gasteiger charge is -2.08. The summed E-state index contributed by atoms with van der Waals surface area (Å²) in [6.07, 6.45) is 0. The molecule has 1 N–H and O–H groups in total. The van der Waals surface area contributed by atoms with Gasteiger partial charge in [0.25, 0.3) is 17.3 Å². The fourth-order valence-electron chi connectivity index (χ4n) is 3.10. The molecular weight excluding hydrogens is 436 g/mol. The van der Waals surface area contributed by atoms with Crippen LogP contribution in [0.25, 0.3) is 0 Å². The molecule has 0 saturated heterocycles. The molecule has 1 amide bonds. The number of aliphatic hydroxyl groups is 1. The highest BCUT2D eigenvalue weighted by atomic mass is 16.6. The largest absolute Gasteiger partial charge is 0.512 e. The second-order valence-electron chi connectivity index (χ2n) is 6.68. The molecule has 3 rings (SSSR count). The summed E-state index contributed by atoms with van der Waals surface area (Å²) in [5.41, 5.74) is -1.12. The Bertz CT molecular complexity index is 1260. The predicted octanol–water partition coefficient (Wildman–Crippen LogP) is 3.29. The van der Waals surface area contributed by atoms with Crippen LogP contribution in [0, 0.1) is 20.2 Å². The molecule has 12 heteroatoms. The molecule has 0 unspecified atom stereocenters. The summed E-state index contributed by atoms with van der Waals surface area (Å²) in [6, 6.07) is 8.92. The van der Waals surface area contributed by atoms with Gasteiger partial charge in [0.2, 0.25) is 0 Å². The standard InChI is InChI=1S/C21H16N4O8/c1-3-33-21(28)17(11(2)26)18-15-6-4-5-7-16(15)19(22-18)23-20(27)12-8-13(24(29)30)10-14(9-12)25(31)32/h4-10,26H,3H2,1-2H3/b17-11-,23-19?. The van der Waals surface area contributed by atoms with Crippen molar-refractivity contribution in [2.24, 2.45) is 9.98 Å². The lowest BCUT2D eigenvalue weighted by Crippen LogP contribution is -2.18. The van der Waals surface area contributed by atoms with E-state index in [1.807, 2.05) is 0 Å². The van der Waals surface area contributed by atoms with Crippen LogP contribution in [0.1, 0.15) is 35.3 Å². The van der Waals surface area contributed by atoms with Gasteiger partial charge in [0.15, 0.2) is 5.84 Å². The van der Waals surface area contributed by atoms with E-state index < -0.39 is 33.1 Å². The summed E-state index contributed by atoms with van der Waals surface area (Å²) in [4.78, 5) is 53.7. The smallest absolute Gasteiger partial charge is 0.343 e. The SMILES string of the molecule is CCOC(=O)/C(C1=NC(=NC(=O)c2cc([N+](=O)[O-])cc([N+](=O)[O-])c2)c2ccccc21)=C(/C)O. The van der Waals surface area contributed by atoms with E-state index in [-0.39, 0.29) is 35.0 Å². The number of amidine groups is 1. The van der Waals surface area contributed by atoms with Crippen LogP contribution in [0.3, 0.4) is 0 Å². The average Bonchev–Trinajstić information content (AvgIpc) is 3.11. The Hall–Kier alpha value is -4.74. The van der Waals surface area contributed by atoms with E-state index in [9.17, 15) is 34.9 Å². The summed E-state index contributed by atoms with van der Waals surface area (Å²) < 4.78 is 4.98. The highest BCUT2D eigenvalue weighted by Gasteiger charge is 2.31. The van der Waals surface area contributed by atoms with E-state index in [2.05, 4.69) is 9.98 Å². The Labute approximate surface area is 185 Å². The van der Waals surface area contributed by atoms with Gasteiger partial charge in [-0.3, -0.25) is 25.0 Å². The highest BCUT2D eigenvalue weighted by molar-refractivity contribution is 6.36. The Kier molecular flexibility index (Phi) is 6.38. The molecule has 0 aliphatic carbocycles. The van der Waals surface area contributed by atoms with Gasteiger partial charge in [-0.25, -0.2) is 9.79 Å². The number of fused-ring (bicyclic) bond motifs is 1. The van der Waals surface area contributed by atoms with Crippen molar-refractivity contribution in [1.29, 1.82) is 0 Å². The minimum absolute atomic E-state index is 0.0284. The summed E-state index contributed by atoms with van der Waals surface area (Å²) >= 11 is 0. The summed E-state index contributed by atoms with van der Waals surface area (Å²) in [6.45, 7) is 2.92.